The lowest BCUT2D eigenvalue weighted by molar-refractivity contribution is 0.350. The van der Waals surface area contributed by atoms with Crippen LogP contribution in [0.2, 0.25) is 0 Å². The second-order valence-corrected chi connectivity index (χ2v) is 8.31. The molecule has 2 aliphatic rings. The minimum Gasteiger partial charge on any atom is -0.497 e. The summed E-state index contributed by atoms with van der Waals surface area (Å²) in [4.78, 5) is 4.71. The average Bonchev–Trinajstić information content (AvgIpc) is 3.18. The molecular weight excluding hydrogens is 416 g/mol. The minimum absolute atomic E-state index is 0.0216. The molecule has 2 heterocycles. The van der Waals surface area contributed by atoms with Crippen LogP contribution < -0.4 is 4.74 Å². The van der Waals surface area contributed by atoms with E-state index in [9.17, 15) is 8.78 Å². The fourth-order valence-electron chi connectivity index (χ4n) is 3.78. The number of aliphatic imine (C=N–C) groups is 1. The highest BCUT2D eigenvalue weighted by molar-refractivity contribution is 8.15. The summed E-state index contributed by atoms with van der Waals surface area (Å²) in [6.07, 6.45) is 0.397. The molecule has 2 unspecified atom stereocenters. The van der Waals surface area contributed by atoms with E-state index in [1.54, 1.807) is 12.1 Å². The Morgan fingerprint density at radius 2 is 1.61 bits per heavy atom. The monoisotopic (exact) mass is 435 g/mol. The van der Waals surface area contributed by atoms with Gasteiger partial charge < -0.3 is 4.74 Å². The van der Waals surface area contributed by atoms with Crippen LogP contribution in [-0.2, 0) is 0 Å². The molecule has 7 heteroatoms. The molecule has 156 valence electrons. The highest BCUT2D eigenvalue weighted by Crippen LogP contribution is 2.46. The molecule has 5 rings (SSSR count). The Morgan fingerprint density at radius 3 is 2.26 bits per heavy atom. The van der Waals surface area contributed by atoms with Gasteiger partial charge in [0.15, 0.2) is 5.17 Å². The number of halogens is 2. The Bertz CT molecular complexity index is 1140. The first-order valence-electron chi connectivity index (χ1n) is 9.88. The number of thioether (sulfide) groups is 1. The number of hydrogen-bond acceptors (Lipinski definition) is 5. The number of amidine groups is 1. The van der Waals surface area contributed by atoms with Gasteiger partial charge in [-0.1, -0.05) is 60.3 Å². The van der Waals surface area contributed by atoms with Gasteiger partial charge in [-0.15, -0.1) is 0 Å². The smallest absolute Gasteiger partial charge is 0.184 e. The normalized spacial score (nSPS) is 20.2. The zero-order valence-electron chi connectivity index (χ0n) is 16.7. The van der Waals surface area contributed by atoms with Gasteiger partial charge in [0, 0.05) is 12.0 Å². The summed E-state index contributed by atoms with van der Waals surface area (Å²) in [5.74, 6) is -0.365. The number of methoxy groups -OCH3 is 1. The Balaban J connectivity index is 1.48. The maximum Gasteiger partial charge on any atom is 0.184 e. The van der Waals surface area contributed by atoms with Crippen LogP contribution in [0.4, 0.5) is 8.78 Å². The molecule has 0 spiro atoms. The quantitative estimate of drug-likeness (QED) is 0.510. The number of ether oxygens (including phenoxy) is 1. The molecule has 4 nitrogen and oxygen atoms in total. The predicted molar refractivity (Wildman–Crippen MR) is 119 cm³/mol. The number of hydrogen-bond donors (Lipinski definition) is 0. The van der Waals surface area contributed by atoms with Crippen molar-refractivity contribution in [1.29, 1.82) is 0 Å². The molecule has 0 N–H and O–H groups in total. The Kier molecular flexibility index (Phi) is 5.19. The number of rotatable bonds is 4. The molecule has 0 aliphatic carbocycles. The molecule has 2 aliphatic heterocycles. The van der Waals surface area contributed by atoms with E-state index < -0.39 is 17.7 Å². The lowest BCUT2D eigenvalue weighted by atomic mass is 9.98. The van der Waals surface area contributed by atoms with Crippen molar-refractivity contribution in [3.8, 4) is 5.75 Å². The zero-order valence-corrected chi connectivity index (χ0v) is 17.5. The van der Waals surface area contributed by atoms with Crippen molar-refractivity contribution in [1.82, 2.24) is 5.01 Å². The molecule has 3 aromatic rings. The average molecular weight is 435 g/mol. The molecule has 0 radical (unpaired) electrons. The van der Waals surface area contributed by atoms with Gasteiger partial charge in [0.2, 0.25) is 0 Å². The zero-order chi connectivity index (χ0) is 21.4. The third-order valence-electron chi connectivity index (χ3n) is 5.39. The van der Waals surface area contributed by atoms with E-state index in [-0.39, 0.29) is 10.9 Å². The van der Waals surface area contributed by atoms with Crippen molar-refractivity contribution >= 4 is 22.6 Å². The first kappa shape index (κ1) is 19.8. The van der Waals surface area contributed by atoms with E-state index in [2.05, 4.69) is 0 Å². The third-order valence-corrected chi connectivity index (χ3v) is 6.50. The summed E-state index contributed by atoms with van der Waals surface area (Å²) in [5, 5.41) is 6.95. The van der Waals surface area contributed by atoms with Crippen LogP contribution in [-0.4, -0.2) is 23.0 Å². The molecule has 0 amide bonds. The van der Waals surface area contributed by atoms with E-state index in [0.717, 1.165) is 22.6 Å². The summed E-state index contributed by atoms with van der Waals surface area (Å²) < 4.78 is 34.5. The summed E-state index contributed by atoms with van der Waals surface area (Å²) in [6.45, 7) is 0. The highest BCUT2D eigenvalue weighted by atomic mass is 32.2. The summed E-state index contributed by atoms with van der Waals surface area (Å²) in [6, 6.07) is 20.8. The van der Waals surface area contributed by atoms with Gasteiger partial charge in [0.1, 0.15) is 22.8 Å². The fraction of sp³-hybridized carbons (Fsp3) is 0.167. The van der Waals surface area contributed by atoms with Crippen molar-refractivity contribution in [3.63, 3.8) is 0 Å². The molecule has 0 saturated carbocycles. The van der Waals surface area contributed by atoms with E-state index in [1.165, 1.54) is 30.0 Å². The maximum atomic E-state index is 14.6. The van der Waals surface area contributed by atoms with Gasteiger partial charge in [-0.25, -0.2) is 18.8 Å². The topological polar surface area (TPSA) is 37.2 Å². The first-order chi connectivity index (χ1) is 15.1. The predicted octanol–water partition coefficient (Wildman–Crippen LogP) is 5.93. The van der Waals surface area contributed by atoms with Gasteiger partial charge in [-0.2, -0.15) is 5.10 Å². The van der Waals surface area contributed by atoms with Gasteiger partial charge in [-0.3, -0.25) is 0 Å². The standard InChI is InChI=1S/C24H19F2N3OS/c1-30-17-12-10-16(11-13-17)23-27-24(31-23)29-21(22-18(25)8-5-9-19(22)26)14-20(28-29)15-6-3-2-4-7-15/h2-13,21,23H,14H2,1H3. The van der Waals surface area contributed by atoms with Gasteiger partial charge >= 0.3 is 0 Å². The Labute approximate surface area is 183 Å². The van der Waals surface area contributed by atoms with E-state index in [4.69, 9.17) is 14.8 Å². The summed E-state index contributed by atoms with van der Waals surface area (Å²) in [5.41, 5.74) is 2.77. The summed E-state index contributed by atoms with van der Waals surface area (Å²) in [7, 11) is 1.63. The maximum absolute atomic E-state index is 14.6. The van der Waals surface area contributed by atoms with Crippen molar-refractivity contribution < 1.29 is 13.5 Å². The second-order valence-electron chi connectivity index (χ2n) is 7.27. The van der Waals surface area contributed by atoms with Crippen LogP contribution in [0.5, 0.6) is 5.75 Å². The first-order valence-corrected chi connectivity index (χ1v) is 10.8. The Morgan fingerprint density at radius 1 is 0.935 bits per heavy atom. The van der Waals surface area contributed by atoms with Gasteiger partial charge in [0.05, 0.1) is 18.9 Å². The van der Waals surface area contributed by atoms with Crippen LogP contribution in [0.3, 0.4) is 0 Å². The number of benzene rings is 3. The lowest BCUT2D eigenvalue weighted by Crippen LogP contribution is -2.31. The number of nitrogens with zero attached hydrogens (tertiary/aromatic N) is 3. The van der Waals surface area contributed by atoms with Crippen LogP contribution in [0.1, 0.15) is 34.5 Å². The van der Waals surface area contributed by atoms with E-state index in [0.29, 0.717) is 11.6 Å². The summed E-state index contributed by atoms with van der Waals surface area (Å²) >= 11 is 1.53. The van der Waals surface area contributed by atoms with Crippen LogP contribution in [0.15, 0.2) is 82.9 Å². The number of hydrazone groups is 1. The largest absolute Gasteiger partial charge is 0.497 e. The van der Waals surface area contributed by atoms with Crippen molar-refractivity contribution in [2.75, 3.05) is 7.11 Å². The van der Waals surface area contributed by atoms with Crippen molar-refractivity contribution in [2.45, 2.75) is 17.8 Å². The minimum atomic E-state index is -0.584. The molecule has 0 bridgehead atoms. The molecule has 0 aromatic heterocycles. The second kappa shape index (κ2) is 8.15. The highest BCUT2D eigenvalue weighted by Gasteiger charge is 2.39. The Hall–Kier alpha value is -3.19. The van der Waals surface area contributed by atoms with Gasteiger partial charge in [0.25, 0.3) is 0 Å². The third kappa shape index (κ3) is 3.70. The van der Waals surface area contributed by atoms with Crippen molar-refractivity contribution in [2.24, 2.45) is 10.1 Å². The lowest BCUT2D eigenvalue weighted by Gasteiger charge is -2.32. The molecule has 0 saturated heterocycles. The van der Waals surface area contributed by atoms with E-state index in [1.807, 2.05) is 54.6 Å². The van der Waals surface area contributed by atoms with Crippen LogP contribution in [0.25, 0.3) is 0 Å². The van der Waals surface area contributed by atoms with Crippen LogP contribution >= 0.6 is 11.8 Å². The molecular formula is C24H19F2N3OS. The molecule has 2 atom stereocenters. The fourth-order valence-corrected chi connectivity index (χ4v) is 4.70. The molecule has 3 aromatic carbocycles. The van der Waals surface area contributed by atoms with E-state index >= 15 is 0 Å². The van der Waals surface area contributed by atoms with Gasteiger partial charge in [-0.05, 0) is 35.4 Å². The molecule has 31 heavy (non-hydrogen) atoms. The van der Waals surface area contributed by atoms with Crippen molar-refractivity contribution in [3.05, 3.63) is 101 Å². The molecule has 0 fully saturated rings. The van der Waals surface area contributed by atoms with Crippen LogP contribution in [0, 0.1) is 11.6 Å². The SMILES string of the molecule is COc1ccc(C2N=C(N3N=C(c4ccccc4)CC3c3c(F)cccc3F)S2)cc1.